The molecule has 2 aromatic heterocycles. The van der Waals surface area contributed by atoms with E-state index in [-0.39, 0.29) is 12.0 Å². The van der Waals surface area contributed by atoms with Gasteiger partial charge >= 0.3 is 5.97 Å². The molecule has 0 atom stereocenters. The standard InChI is InChI=1S/C21H21ClN4O4/c22-16-11-17-19(25-21(23-17)30-15-9-13(10-15)20(27)28)24-18(16)12-1-3-14(4-2-12)26-5-7-29-8-6-26/h1-4,11,13,15H,5-10H2,(H,27,28)(H,23,24,25)/t13-,15-. The molecule has 0 amide bonds. The molecule has 8 nitrogen and oxygen atoms in total. The summed E-state index contributed by atoms with van der Waals surface area (Å²) in [6, 6.07) is 10.3. The largest absolute Gasteiger partial charge is 0.481 e. The lowest BCUT2D eigenvalue weighted by Crippen LogP contribution is -2.38. The monoisotopic (exact) mass is 428 g/mol. The number of morpholine rings is 1. The molecule has 5 rings (SSSR count). The number of imidazole rings is 1. The Hall–Kier alpha value is -2.84. The van der Waals surface area contributed by atoms with E-state index in [2.05, 4.69) is 32.0 Å². The zero-order valence-electron chi connectivity index (χ0n) is 16.2. The van der Waals surface area contributed by atoms with Crippen LogP contribution in [0.15, 0.2) is 30.3 Å². The van der Waals surface area contributed by atoms with Crippen LogP contribution in [0.4, 0.5) is 5.69 Å². The lowest BCUT2D eigenvalue weighted by atomic mass is 9.82. The molecular weight excluding hydrogens is 408 g/mol. The van der Waals surface area contributed by atoms with Gasteiger partial charge in [-0.25, -0.2) is 4.98 Å². The van der Waals surface area contributed by atoms with Gasteiger partial charge in [0.25, 0.3) is 6.01 Å². The van der Waals surface area contributed by atoms with Gasteiger partial charge in [-0.15, -0.1) is 0 Å². The van der Waals surface area contributed by atoms with Crippen molar-refractivity contribution in [1.82, 2.24) is 15.0 Å². The van der Waals surface area contributed by atoms with Crippen LogP contribution in [-0.4, -0.2) is 58.4 Å². The normalized spacial score (nSPS) is 21.4. The molecule has 156 valence electrons. The molecule has 1 aliphatic heterocycles. The third kappa shape index (κ3) is 3.68. The molecule has 9 heteroatoms. The van der Waals surface area contributed by atoms with Crippen LogP contribution in [0.3, 0.4) is 0 Å². The van der Waals surface area contributed by atoms with Crippen molar-refractivity contribution in [3.63, 3.8) is 0 Å². The van der Waals surface area contributed by atoms with E-state index in [1.54, 1.807) is 6.07 Å². The number of carboxylic acids is 1. The van der Waals surface area contributed by atoms with Crippen LogP contribution in [-0.2, 0) is 9.53 Å². The molecule has 0 spiro atoms. The first-order valence-corrected chi connectivity index (χ1v) is 10.3. The van der Waals surface area contributed by atoms with Crippen molar-refractivity contribution in [3.05, 3.63) is 35.4 Å². The van der Waals surface area contributed by atoms with Crippen LogP contribution >= 0.6 is 11.6 Å². The molecule has 3 aromatic rings. The molecular formula is C21H21ClN4O4. The van der Waals surface area contributed by atoms with Gasteiger partial charge in [0, 0.05) is 24.3 Å². The number of anilines is 1. The molecule has 2 N–H and O–H groups in total. The summed E-state index contributed by atoms with van der Waals surface area (Å²) in [5.41, 5.74) is 3.90. The molecule has 1 saturated heterocycles. The highest BCUT2D eigenvalue weighted by atomic mass is 35.5. The molecule has 1 saturated carbocycles. The number of nitrogens with zero attached hydrogens (tertiary/aromatic N) is 3. The van der Waals surface area contributed by atoms with Gasteiger partial charge in [0.15, 0.2) is 5.65 Å². The summed E-state index contributed by atoms with van der Waals surface area (Å²) in [6.07, 6.45) is 0.831. The molecule has 0 radical (unpaired) electrons. The van der Waals surface area contributed by atoms with E-state index in [0.29, 0.717) is 40.7 Å². The SMILES string of the molecule is O=C(O)[C@H]1C[C@H](Oc2nc3nc(-c4ccc(N5CCOCC5)cc4)c(Cl)cc3[nH]2)C1. The van der Waals surface area contributed by atoms with Crippen LogP contribution in [0.25, 0.3) is 22.4 Å². The Morgan fingerprint density at radius 3 is 2.63 bits per heavy atom. The highest BCUT2D eigenvalue weighted by Gasteiger charge is 2.36. The maximum atomic E-state index is 10.9. The van der Waals surface area contributed by atoms with Crippen molar-refractivity contribution in [2.45, 2.75) is 18.9 Å². The molecule has 0 unspecified atom stereocenters. The number of aliphatic carboxylic acids is 1. The van der Waals surface area contributed by atoms with E-state index in [1.165, 1.54) is 0 Å². The van der Waals surface area contributed by atoms with Gasteiger partial charge in [0.05, 0.1) is 35.4 Å². The van der Waals surface area contributed by atoms with Crippen molar-refractivity contribution in [3.8, 4) is 17.3 Å². The molecule has 30 heavy (non-hydrogen) atoms. The molecule has 1 aliphatic carbocycles. The average Bonchev–Trinajstić information content (AvgIpc) is 3.11. The predicted molar refractivity (Wildman–Crippen MR) is 112 cm³/mol. The number of H-pyrrole nitrogens is 1. The fourth-order valence-electron chi connectivity index (χ4n) is 3.83. The zero-order chi connectivity index (χ0) is 20.7. The predicted octanol–water partition coefficient (Wildman–Crippen LogP) is 3.36. The minimum absolute atomic E-state index is 0.144. The Kier molecular flexibility index (Phi) is 4.96. The Balaban J connectivity index is 1.34. The first-order chi connectivity index (χ1) is 14.6. The number of aromatic amines is 1. The smallest absolute Gasteiger partial charge is 0.306 e. The number of rotatable bonds is 5. The second-order valence-corrected chi connectivity index (χ2v) is 8.03. The average molecular weight is 429 g/mol. The summed E-state index contributed by atoms with van der Waals surface area (Å²) in [5, 5.41) is 9.50. The van der Waals surface area contributed by atoms with Gasteiger partial charge in [-0.05, 0) is 31.0 Å². The fraction of sp³-hybridized carbons (Fsp3) is 0.381. The van der Waals surface area contributed by atoms with Gasteiger partial charge in [0.2, 0.25) is 0 Å². The van der Waals surface area contributed by atoms with Crippen LogP contribution in [0.1, 0.15) is 12.8 Å². The van der Waals surface area contributed by atoms with E-state index < -0.39 is 5.97 Å². The Morgan fingerprint density at radius 2 is 1.93 bits per heavy atom. The van der Waals surface area contributed by atoms with Crippen molar-refractivity contribution >= 4 is 34.4 Å². The van der Waals surface area contributed by atoms with Crippen molar-refractivity contribution in [2.24, 2.45) is 5.92 Å². The number of halogens is 1. The third-order valence-electron chi connectivity index (χ3n) is 5.64. The quantitative estimate of drug-likeness (QED) is 0.642. The fourth-order valence-corrected chi connectivity index (χ4v) is 4.09. The van der Waals surface area contributed by atoms with E-state index in [0.717, 1.165) is 37.6 Å². The minimum atomic E-state index is -0.780. The Morgan fingerprint density at radius 1 is 1.20 bits per heavy atom. The summed E-state index contributed by atoms with van der Waals surface area (Å²) in [5.74, 6) is -1.11. The van der Waals surface area contributed by atoms with Crippen LogP contribution in [0, 0.1) is 5.92 Å². The van der Waals surface area contributed by atoms with Crippen LogP contribution in [0.5, 0.6) is 6.01 Å². The van der Waals surface area contributed by atoms with Gasteiger partial charge < -0.3 is 24.5 Å². The summed E-state index contributed by atoms with van der Waals surface area (Å²) < 4.78 is 11.2. The van der Waals surface area contributed by atoms with Crippen molar-refractivity contribution < 1.29 is 19.4 Å². The highest BCUT2D eigenvalue weighted by molar-refractivity contribution is 6.33. The third-order valence-corrected chi connectivity index (χ3v) is 5.93. The van der Waals surface area contributed by atoms with E-state index in [1.807, 2.05) is 12.1 Å². The highest BCUT2D eigenvalue weighted by Crippen LogP contribution is 2.33. The maximum Gasteiger partial charge on any atom is 0.306 e. The van der Waals surface area contributed by atoms with Gasteiger partial charge in [-0.3, -0.25) is 4.79 Å². The first kappa shape index (κ1) is 19.1. The number of fused-ring (bicyclic) bond motifs is 1. The number of benzene rings is 1. The van der Waals surface area contributed by atoms with Crippen molar-refractivity contribution in [1.29, 1.82) is 0 Å². The molecule has 0 bridgehead atoms. The number of ether oxygens (including phenoxy) is 2. The summed E-state index contributed by atoms with van der Waals surface area (Å²) in [6.45, 7) is 3.25. The number of nitrogens with one attached hydrogen (secondary N) is 1. The lowest BCUT2D eigenvalue weighted by Gasteiger charge is -2.31. The second-order valence-electron chi connectivity index (χ2n) is 7.62. The Bertz CT molecular complexity index is 1070. The molecule has 1 aromatic carbocycles. The summed E-state index contributed by atoms with van der Waals surface area (Å²) in [4.78, 5) is 25.3. The topological polar surface area (TPSA) is 101 Å². The number of aromatic nitrogens is 3. The van der Waals surface area contributed by atoms with Crippen LogP contribution in [0.2, 0.25) is 5.02 Å². The van der Waals surface area contributed by atoms with Gasteiger partial charge in [0.1, 0.15) is 6.10 Å². The minimum Gasteiger partial charge on any atom is -0.481 e. The summed E-state index contributed by atoms with van der Waals surface area (Å²) >= 11 is 6.49. The van der Waals surface area contributed by atoms with E-state index >= 15 is 0 Å². The number of carboxylic acid groups (broad SMARTS) is 1. The second kappa shape index (κ2) is 7.77. The van der Waals surface area contributed by atoms with E-state index in [9.17, 15) is 4.79 Å². The number of carbonyl (C=O) groups is 1. The number of hydrogen-bond acceptors (Lipinski definition) is 6. The summed E-state index contributed by atoms with van der Waals surface area (Å²) in [7, 11) is 0. The molecule has 3 heterocycles. The maximum absolute atomic E-state index is 10.9. The van der Waals surface area contributed by atoms with Crippen LogP contribution < -0.4 is 9.64 Å². The zero-order valence-corrected chi connectivity index (χ0v) is 16.9. The van der Waals surface area contributed by atoms with Gasteiger partial charge in [-0.2, -0.15) is 4.98 Å². The van der Waals surface area contributed by atoms with E-state index in [4.69, 9.17) is 26.2 Å². The lowest BCUT2D eigenvalue weighted by molar-refractivity contribution is -0.148. The Labute approximate surface area is 177 Å². The number of pyridine rings is 1. The number of hydrogen-bond donors (Lipinski definition) is 2. The molecule has 2 aliphatic rings. The van der Waals surface area contributed by atoms with Crippen molar-refractivity contribution in [2.75, 3.05) is 31.2 Å². The first-order valence-electron chi connectivity index (χ1n) is 9.95. The molecule has 2 fully saturated rings. The van der Waals surface area contributed by atoms with Gasteiger partial charge in [-0.1, -0.05) is 23.7 Å².